The molecule has 0 saturated carbocycles. The Kier molecular flexibility index (Phi) is 8.02. The summed E-state index contributed by atoms with van der Waals surface area (Å²) in [4.78, 5) is 7.25. The number of hydrogen-bond donors (Lipinski definition) is 0. The van der Waals surface area contributed by atoms with Crippen LogP contribution in [-0.4, -0.2) is 6.71 Å². The molecule has 0 amide bonds. The first-order chi connectivity index (χ1) is 29.0. The van der Waals surface area contributed by atoms with Gasteiger partial charge in [0.15, 0.2) is 0 Å². The Labute approximate surface area is 352 Å². The standard InChI is InChI=1S/C54H46BN3O2/c1-53(2,3)35-27-29-46-42(31-35)49-51(59-46)55-48-44(57(49)39-23-15-9-16-24-39)33-41(56(37-19-11-7-12-20-37)38-21-13-8-14-22-38)34-45(48)58(40-25-17-10-18-26-40)50-43-32-36(54(4,5)6)28-30-47(43)60-52(50)55/h7-34H,1-6H3. The molecule has 11 rings (SSSR count). The van der Waals surface area contributed by atoms with E-state index in [2.05, 4.69) is 226 Å². The zero-order valence-corrected chi connectivity index (χ0v) is 34.9. The molecule has 0 saturated heterocycles. The minimum atomic E-state index is -0.327. The zero-order valence-electron chi connectivity index (χ0n) is 34.9. The number of para-hydroxylation sites is 4. The predicted octanol–water partition coefficient (Wildman–Crippen LogP) is 13.3. The van der Waals surface area contributed by atoms with E-state index in [1.165, 1.54) is 11.1 Å². The molecule has 60 heavy (non-hydrogen) atoms. The fraction of sp³-hybridized carbons (Fsp3) is 0.148. The van der Waals surface area contributed by atoms with Crippen molar-refractivity contribution in [3.05, 3.63) is 181 Å². The van der Waals surface area contributed by atoms with Gasteiger partial charge in [0, 0.05) is 44.9 Å². The van der Waals surface area contributed by atoms with Crippen molar-refractivity contribution < 1.29 is 8.83 Å². The summed E-state index contributed by atoms with van der Waals surface area (Å²) in [6, 6.07) is 61.1. The molecule has 0 aliphatic carbocycles. The largest absolute Gasteiger partial charge is 0.468 e. The van der Waals surface area contributed by atoms with Gasteiger partial charge in [-0.25, -0.2) is 0 Å². The number of hydrogen-bond acceptors (Lipinski definition) is 5. The quantitative estimate of drug-likeness (QED) is 0.163. The first-order valence-electron chi connectivity index (χ1n) is 21.0. The van der Waals surface area contributed by atoms with Crippen molar-refractivity contribution in [2.75, 3.05) is 14.7 Å². The maximum Gasteiger partial charge on any atom is 0.342 e. The van der Waals surface area contributed by atoms with E-state index in [9.17, 15) is 0 Å². The molecular weight excluding hydrogens is 733 g/mol. The third-order valence-electron chi connectivity index (χ3n) is 12.3. The van der Waals surface area contributed by atoms with Gasteiger partial charge in [-0.3, -0.25) is 0 Å². The second kappa shape index (κ2) is 13.3. The Bertz CT molecular complexity index is 2860. The van der Waals surface area contributed by atoms with Crippen LogP contribution in [0.2, 0.25) is 0 Å². The lowest BCUT2D eigenvalue weighted by Crippen LogP contribution is -2.60. The number of benzene rings is 7. The highest BCUT2D eigenvalue weighted by Gasteiger charge is 2.50. The van der Waals surface area contributed by atoms with Crippen molar-refractivity contribution in [2.24, 2.45) is 0 Å². The molecule has 7 aromatic carbocycles. The van der Waals surface area contributed by atoms with Crippen molar-refractivity contribution in [2.45, 2.75) is 52.4 Å². The molecule has 0 atom stereocenters. The summed E-state index contributed by atoms with van der Waals surface area (Å²) in [6.45, 7) is 13.3. The number of fused-ring (bicyclic) bond motifs is 8. The van der Waals surface area contributed by atoms with E-state index >= 15 is 0 Å². The van der Waals surface area contributed by atoms with Crippen molar-refractivity contribution in [1.82, 2.24) is 0 Å². The Morgan fingerprint density at radius 2 is 0.817 bits per heavy atom. The van der Waals surface area contributed by atoms with E-state index in [0.717, 1.165) is 89.9 Å². The fourth-order valence-electron chi connectivity index (χ4n) is 9.31. The molecule has 2 aliphatic rings. The summed E-state index contributed by atoms with van der Waals surface area (Å²) < 4.78 is 14.4. The molecule has 0 unspecified atom stereocenters. The lowest BCUT2D eigenvalue weighted by Gasteiger charge is -2.41. The Hall–Kier alpha value is -6.92. The minimum Gasteiger partial charge on any atom is -0.468 e. The molecule has 9 aromatic rings. The third-order valence-corrected chi connectivity index (χ3v) is 12.3. The Morgan fingerprint density at radius 3 is 1.20 bits per heavy atom. The number of rotatable bonds is 5. The summed E-state index contributed by atoms with van der Waals surface area (Å²) >= 11 is 0. The minimum absolute atomic E-state index is 0.0631. The number of anilines is 9. The Morgan fingerprint density at radius 1 is 0.433 bits per heavy atom. The molecule has 292 valence electrons. The maximum absolute atomic E-state index is 7.22. The van der Waals surface area contributed by atoms with Crippen LogP contribution in [0, 0.1) is 0 Å². The summed E-state index contributed by atoms with van der Waals surface area (Å²) in [6.07, 6.45) is 0. The monoisotopic (exact) mass is 779 g/mol. The molecule has 0 radical (unpaired) electrons. The fourth-order valence-corrected chi connectivity index (χ4v) is 9.31. The van der Waals surface area contributed by atoms with Crippen LogP contribution in [0.1, 0.15) is 52.7 Å². The SMILES string of the molecule is CC(C)(C)c1ccc2oc3c(c2c1)N(c1ccccc1)c1cc(N(c2ccccc2)c2ccccc2)cc2c1B3c1oc3ccc(C(C)(C)C)cc3c1N2c1ccccc1. The van der Waals surface area contributed by atoms with Crippen molar-refractivity contribution >= 4 is 96.6 Å². The van der Waals surface area contributed by atoms with Crippen LogP contribution in [0.25, 0.3) is 21.9 Å². The van der Waals surface area contributed by atoms with Gasteiger partial charge in [-0.15, -0.1) is 0 Å². The average Bonchev–Trinajstić information content (AvgIpc) is 3.83. The van der Waals surface area contributed by atoms with Gasteiger partial charge in [-0.05, 0) is 112 Å². The van der Waals surface area contributed by atoms with Gasteiger partial charge in [0.1, 0.15) is 22.5 Å². The van der Waals surface area contributed by atoms with Crippen LogP contribution in [0.3, 0.4) is 0 Å². The third kappa shape index (κ3) is 5.61. The van der Waals surface area contributed by atoms with Crippen molar-refractivity contribution in [3.8, 4) is 0 Å². The van der Waals surface area contributed by atoms with Gasteiger partial charge in [-0.1, -0.05) is 126 Å². The van der Waals surface area contributed by atoms with E-state index in [1.54, 1.807) is 0 Å². The highest BCUT2D eigenvalue weighted by Crippen LogP contribution is 2.51. The van der Waals surface area contributed by atoms with Gasteiger partial charge in [0.05, 0.1) is 17.1 Å². The summed E-state index contributed by atoms with van der Waals surface area (Å²) in [5, 5.41) is 2.17. The van der Waals surface area contributed by atoms with E-state index in [-0.39, 0.29) is 17.5 Å². The zero-order chi connectivity index (χ0) is 40.9. The highest BCUT2D eigenvalue weighted by atomic mass is 16.3. The van der Waals surface area contributed by atoms with Gasteiger partial charge in [-0.2, -0.15) is 0 Å². The lowest BCUT2D eigenvalue weighted by atomic mass is 9.37. The van der Waals surface area contributed by atoms with Crippen molar-refractivity contribution in [3.63, 3.8) is 0 Å². The second-order valence-electron chi connectivity index (χ2n) is 18.2. The molecule has 6 heteroatoms. The summed E-state index contributed by atoms with van der Waals surface area (Å²) in [7, 11) is 0. The second-order valence-corrected chi connectivity index (χ2v) is 18.2. The molecule has 5 nitrogen and oxygen atoms in total. The predicted molar refractivity (Wildman–Crippen MR) is 252 cm³/mol. The van der Waals surface area contributed by atoms with Gasteiger partial charge in [0.2, 0.25) is 0 Å². The van der Waals surface area contributed by atoms with E-state index < -0.39 is 0 Å². The molecule has 2 aromatic heterocycles. The van der Waals surface area contributed by atoms with Crippen LogP contribution in [-0.2, 0) is 10.8 Å². The first-order valence-corrected chi connectivity index (χ1v) is 21.0. The van der Waals surface area contributed by atoms with E-state index in [1.807, 2.05) is 0 Å². The lowest BCUT2D eigenvalue weighted by molar-refractivity contribution is 0.590. The Balaban J connectivity index is 1.31. The summed E-state index contributed by atoms with van der Waals surface area (Å²) in [5.74, 6) is 0. The van der Waals surface area contributed by atoms with Gasteiger partial charge in [0.25, 0.3) is 0 Å². The number of nitrogens with zero attached hydrogens (tertiary/aromatic N) is 3. The van der Waals surface area contributed by atoms with Gasteiger partial charge >= 0.3 is 6.71 Å². The van der Waals surface area contributed by atoms with Crippen LogP contribution >= 0.6 is 0 Å². The molecule has 0 fully saturated rings. The number of furan rings is 2. The molecular formula is C54H46BN3O2. The van der Waals surface area contributed by atoms with Crippen molar-refractivity contribution in [1.29, 1.82) is 0 Å². The smallest absolute Gasteiger partial charge is 0.342 e. The molecule has 0 N–H and O–H groups in total. The van der Waals surface area contributed by atoms with Crippen LogP contribution in [0.15, 0.2) is 179 Å². The van der Waals surface area contributed by atoms with Gasteiger partial charge < -0.3 is 23.5 Å². The summed E-state index contributed by atoms with van der Waals surface area (Å²) in [5.41, 5.74) is 16.6. The highest BCUT2D eigenvalue weighted by molar-refractivity contribution is 6.99. The van der Waals surface area contributed by atoms with E-state index in [0.29, 0.717) is 0 Å². The van der Waals surface area contributed by atoms with E-state index in [4.69, 9.17) is 8.83 Å². The van der Waals surface area contributed by atoms with Crippen LogP contribution in [0.4, 0.5) is 51.2 Å². The normalized spacial score (nSPS) is 13.4. The first kappa shape index (κ1) is 36.2. The topological polar surface area (TPSA) is 36.0 Å². The molecule has 0 bridgehead atoms. The van der Waals surface area contributed by atoms with Crippen LogP contribution in [0.5, 0.6) is 0 Å². The molecule has 0 spiro atoms. The maximum atomic E-state index is 7.22. The molecule has 4 heterocycles. The average molecular weight is 780 g/mol. The van der Waals surface area contributed by atoms with Crippen LogP contribution < -0.4 is 31.5 Å². The molecule has 2 aliphatic heterocycles.